The first-order valence-electron chi connectivity index (χ1n) is 9.75. The van der Waals surface area contributed by atoms with Crippen LogP contribution in [-0.4, -0.2) is 30.4 Å². The number of ether oxygens (including phenoxy) is 1. The highest BCUT2D eigenvalue weighted by atomic mass is 16.5. The second-order valence-corrected chi connectivity index (χ2v) is 7.27. The van der Waals surface area contributed by atoms with Crippen LogP contribution in [0, 0.1) is 0 Å². The predicted molar refractivity (Wildman–Crippen MR) is 113 cm³/mol. The number of carbonyl (C=O) groups excluding carboxylic acids is 1. The molecule has 5 nitrogen and oxygen atoms in total. The van der Waals surface area contributed by atoms with E-state index in [1.54, 1.807) is 12.1 Å². The van der Waals surface area contributed by atoms with Crippen LogP contribution in [0.25, 0.3) is 11.1 Å². The van der Waals surface area contributed by atoms with Gasteiger partial charge in [-0.1, -0.05) is 60.7 Å². The van der Waals surface area contributed by atoms with Gasteiger partial charge < -0.3 is 20.9 Å². The van der Waals surface area contributed by atoms with Crippen molar-refractivity contribution in [2.45, 2.75) is 18.4 Å². The van der Waals surface area contributed by atoms with Crippen LogP contribution >= 0.6 is 0 Å². The molecular weight excluding hydrogens is 364 g/mol. The Morgan fingerprint density at radius 3 is 2.14 bits per heavy atom. The van der Waals surface area contributed by atoms with E-state index in [0.717, 1.165) is 5.56 Å². The molecule has 0 saturated carbocycles. The number of alkyl carbamates (subject to hydrolysis) is 1. The fourth-order valence-corrected chi connectivity index (χ4v) is 3.92. The van der Waals surface area contributed by atoms with Crippen LogP contribution in [0.4, 0.5) is 4.79 Å². The van der Waals surface area contributed by atoms with Gasteiger partial charge in [-0.3, -0.25) is 0 Å². The number of rotatable bonds is 6. The molecule has 4 N–H and O–H groups in total. The minimum Gasteiger partial charge on any atom is -0.508 e. The Hall–Kier alpha value is -3.31. The monoisotopic (exact) mass is 388 g/mol. The first kappa shape index (κ1) is 19.0. The third-order valence-electron chi connectivity index (χ3n) is 5.37. The number of carbonyl (C=O) groups is 1. The van der Waals surface area contributed by atoms with Gasteiger partial charge in [0.15, 0.2) is 0 Å². The van der Waals surface area contributed by atoms with Gasteiger partial charge in [0.2, 0.25) is 0 Å². The maximum absolute atomic E-state index is 12.4. The van der Waals surface area contributed by atoms with Crippen LogP contribution in [0.15, 0.2) is 72.8 Å². The third-order valence-corrected chi connectivity index (χ3v) is 5.37. The van der Waals surface area contributed by atoms with Crippen LogP contribution in [0.3, 0.4) is 0 Å². The maximum Gasteiger partial charge on any atom is 0.407 e. The molecule has 1 unspecified atom stereocenters. The lowest BCUT2D eigenvalue weighted by Gasteiger charge is -2.19. The van der Waals surface area contributed by atoms with Crippen LogP contribution in [-0.2, 0) is 11.2 Å². The van der Waals surface area contributed by atoms with E-state index >= 15 is 0 Å². The average Bonchev–Trinajstić information content (AvgIpc) is 3.07. The van der Waals surface area contributed by atoms with E-state index in [1.807, 2.05) is 36.4 Å². The summed E-state index contributed by atoms with van der Waals surface area (Å²) >= 11 is 0. The topological polar surface area (TPSA) is 84.6 Å². The van der Waals surface area contributed by atoms with Gasteiger partial charge in [0, 0.05) is 18.5 Å². The summed E-state index contributed by atoms with van der Waals surface area (Å²) in [5, 5.41) is 12.2. The van der Waals surface area contributed by atoms with Crippen LogP contribution in [0.2, 0.25) is 0 Å². The zero-order valence-electron chi connectivity index (χ0n) is 16.0. The second kappa shape index (κ2) is 8.37. The van der Waals surface area contributed by atoms with Crippen molar-refractivity contribution in [2.75, 3.05) is 13.2 Å². The highest BCUT2D eigenvalue weighted by molar-refractivity contribution is 5.79. The Kier molecular flexibility index (Phi) is 5.49. The smallest absolute Gasteiger partial charge is 0.407 e. The van der Waals surface area contributed by atoms with Gasteiger partial charge in [0.05, 0.1) is 0 Å². The van der Waals surface area contributed by atoms with E-state index in [-0.39, 0.29) is 24.3 Å². The first-order chi connectivity index (χ1) is 14.2. The molecular formula is C24H24N2O3. The van der Waals surface area contributed by atoms with E-state index in [9.17, 15) is 9.90 Å². The third kappa shape index (κ3) is 4.10. The lowest BCUT2D eigenvalue weighted by atomic mass is 9.98. The van der Waals surface area contributed by atoms with E-state index in [0.29, 0.717) is 13.0 Å². The van der Waals surface area contributed by atoms with Gasteiger partial charge in [-0.25, -0.2) is 4.79 Å². The molecule has 3 aromatic rings. The molecule has 0 bridgehead atoms. The number of aromatic hydroxyl groups is 1. The molecule has 1 aliphatic carbocycles. The number of amides is 1. The molecule has 4 rings (SSSR count). The molecule has 0 heterocycles. The van der Waals surface area contributed by atoms with Crippen molar-refractivity contribution in [3.05, 3.63) is 89.5 Å². The summed E-state index contributed by atoms with van der Waals surface area (Å²) < 4.78 is 5.58. The van der Waals surface area contributed by atoms with Gasteiger partial charge in [0.25, 0.3) is 0 Å². The van der Waals surface area contributed by atoms with Crippen molar-refractivity contribution in [3.63, 3.8) is 0 Å². The Morgan fingerprint density at radius 1 is 0.966 bits per heavy atom. The number of nitrogens with two attached hydrogens (primary N) is 1. The fraction of sp³-hybridized carbons (Fsp3) is 0.208. The molecule has 0 aliphatic heterocycles. The standard InChI is InChI=1S/C24H24N2O3/c25-14-17(13-16-9-11-18(27)12-10-16)26-24(28)29-15-23-21-7-3-1-5-19(21)20-6-2-4-8-22(20)23/h1-12,17,23,27H,13-15,25H2,(H,26,28). The minimum absolute atomic E-state index is 0.0292. The van der Waals surface area contributed by atoms with Gasteiger partial charge in [0.1, 0.15) is 12.4 Å². The summed E-state index contributed by atoms with van der Waals surface area (Å²) in [7, 11) is 0. The molecule has 3 aromatic carbocycles. The van der Waals surface area contributed by atoms with Crippen molar-refractivity contribution in [2.24, 2.45) is 5.73 Å². The normalized spacial score (nSPS) is 13.4. The van der Waals surface area contributed by atoms with Crippen LogP contribution in [0.5, 0.6) is 5.75 Å². The number of hydrogen-bond acceptors (Lipinski definition) is 4. The summed E-state index contributed by atoms with van der Waals surface area (Å²) in [6.07, 6.45) is 0.0992. The summed E-state index contributed by atoms with van der Waals surface area (Å²) in [5.74, 6) is 0.240. The summed E-state index contributed by atoms with van der Waals surface area (Å²) in [6, 6.07) is 23.1. The molecule has 0 radical (unpaired) electrons. The Labute approximate surface area is 170 Å². The molecule has 5 heteroatoms. The van der Waals surface area contributed by atoms with Crippen molar-refractivity contribution in [1.82, 2.24) is 5.32 Å². The number of fused-ring (bicyclic) bond motifs is 3. The summed E-state index contributed by atoms with van der Waals surface area (Å²) in [4.78, 5) is 12.4. The second-order valence-electron chi connectivity index (χ2n) is 7.27. The summed E-state index contributed by atoms with van der Waals surface area (Å²) in [6.45, 7) is 0.571. The maximum atomic E-state index is 12.4. The molecule has 29 heavy (non-hydrogen) atoms. The SMILES string of the molecule is NCC(Cc1ccc(O)cc1)NC(=O)OCC1c2ccccc2-c2ccccc21. The fourth-order valence-electron chi connectivity index (χ4n) is 3.92. The van der Waals surface area contributed by atoms with Crippen LogP contribution < -0.4 is 11.1 Å². The largest absolute Gasteiger partial charge is 0.508 e. The summed E-state index contributed by atoms with van der Waals surface area (Å²) in [5.41, 5.74) is 11.6. The molecule has 0 fully saturated rings. The van der Waals surface area contributed by atoms with Crippen molar-refractivity contribution >= 4 is 6.09 Å². The lowest BCUT2D eigenvalue weighted by molar-refractivity contribution is 0.139. The molecule has 1 amide bonds. The van der Waals surface area contributed by atoms with E-state index < -0.39 is 6.09 Å². The van der Waals surface area contributed by atoms with Gasteiger partial charge in [-0.2, -0.15) is 0 Å². The van der Waals surface area contributed by atoms with Gasteiger partial charge in [-0.05, 0) is 46.4 Å². The highest BCUT2D eigenvalue weighted by Gasteiger charge is 2.29. The molecule has 148 valence electrons. The molecule has 1 atom stereocenters. The number of hydrogen-bond donors (Lipinski definition) is 3. The average molecular weight is 388 g/mol. The zero-order chi connectivity index (χ0) is 20.2. The number of phenols is 1. The molecule has 0 saturated heterocycles. The van der Waals surface area contributed by atoms with Gasteiger partial charge in [-0.15, -0.1) is 0 Å². The first-order valence-corrected chi connectivity index (χ1v) is 9.75. The van der Waals surface area contributed by atoms with Gasteiger partial charge >= 0.3 is 6.09 Å². The number of nitrogens with one attached hydrogen (secondary N) is 1. The zero-order valence-corrected chi connectivity index (χ0v) is 16.0. The lowest BCUT2D eigenvalue weighted by Crippen LogP contribution is -2.42. The number of benzene rings is 3. The Balaban J connectivity index is 1.40. The Bertz CT molecular complexity index is 956. The molecule has 0 spiro atoms. The predicted octanol–water partition coefficient (Wildman–Crippen LogP) is 3.80. The molecule has 0 aromatic heterocycles. The van der Waals surface area contributed by atoms with E-state index in [2.05, 4.69) is 29.6 Å². The quantitative estimate of drug-likeness (QED) is 0.600. The Morgan fingerprint density at radius 2 is 1.55 bits per heavy atom. The van der Waals surface area contributed by atoms with Crippen molar-refractivity contribution < 1.29 is 14.6 Å². The van der Waals surface area contributed by atoms with Crippen molar-refractivity contribution in [3.8, 4) is 16.9 Å². The highest BCUT2D eigenvalue weighted by Crippen LogP contribution is 2.44. The minimum atomic E-state index is -0.471. The van der Waals surface area contributed by atoms with E-state index in [1.165, 1.54) is 22.3 Å². The van der Waals surface area contributed by atoms with Crippen LogP contribution in [0.1, 0.15) is 22.6 Å². The van der Waals surface area contributed by atoms with E-state index in [4.69, 9.17) is 10.5 Å². The molecule has 1 aliphatic rings. The number of phenolic OH excluding ortho intramolecular Hbond substituents is 1. The van der Waals surface area contributed by atoms with Crippen molar-refractivity contribution in [1.29, 1.82) is 0 Å².